The highest BCUT2D eigenvalue weighted by Crippen LogP contribution is 2.17. The molecule has 0 saturated carbocycles. The van der Waals surface area contributed by atoms with Crippen LogP contribution in [0.2, 0.25) is 0 Å². The van der Waals surface area contributed by atoms with E-state index in [0.29, 0.717) is 23.4 Å². The molecule has 0 radical (unpaired) electrons. The van der Waals surface area contributed by atoms with Crippen LogP contribution in [0.5, 0.6) is 5.75 Å². The molecule has 2 N–H and O–H groups in total. The lowest BCUT2D eigenvalue weighted by molar-refractivity contribution is -0.104. The summed E-state index contributed by atoms with van der Waals surface area (Å²) in [6.07, 6.45) is 5.10. The average Bonchev–Trinajstić information content (AvgIpc) is 2.16. The smallest absolute Gasteiger partial charge is 0.142 e. The SMILES string of the molecule is COc1cnc(/C=C\C=O)c(N)c1. The monoisotopic (exact) mass is 178 g/mol. The molecule has 4 heteroatoms. The summed E-state index contributed by atoms with van der Waals surface area (Å²) in [6, 6.07) is 1.65. The van der Waals surface area contributed by atoms with E-state index in [-0.39, 0.29) is 0 Å². The molecule has 1 aromatic heterocycles. The van der Waals surface area contributed by atoms with Gasteiger partial charge in [-0.1, -0.05) is 0 Å². The van der Waals surface area contributed by atoms with E-state index in [9.17, 15) is 4.79 Å². The fraction of sp³-hybridized carbons (Fsp3) is 0.111. The molecule has 0 bridgehead atoms. The molecule has 68 valence electrons. The maximum Gasteiger partial charge on any atom is 0.142 e. The number of allylic oxidation sites excluding steroid dienone is 1. The van der Waals surface area contributed by atoms with Gasteiger partial charge in [0.1, 0.15) is 12.0 Å². The second-order valence-electron chi connectivity index (χ2n) is 2.34. The lowest BCUT2D eigenvalue weighted by atomic mass is 10.3. The minimum Gasteiger partial charge on any atom is -0.495 e. The van der Waals surface area contributed by atoms with E-state index in [4.69, 9.17) is 10.5 Å². The molecule has 4 nitrogen and oxygen atoms in total. The Morgan fingerprint density at radius 1 is 1.62 bits per heavy atom. The number of pyridine rings is 1. The number of nitrogen functional groups attached to an aromatic ring is 1. The first-order valence-electron chi connectivity index (χ1n) is 3.69. The van der Waals surface area contributed by atoms with Crippen molar-refractivity contribution in [2.24, 2.45) is 0 Å². The van der Waals surface area contributed by atoms with E-state index in [1.165, 1.54) is 13.2 Å². The van der Waals surface area contributed by atoms with Gasteiger partial charge in [0.2, 0.25) is 0 Å². The van der Waals surface area contributed by atoms with E-state index >= 15 is 0 Å². The number of methoxy groups -OCH3 is 1. The van der Waals surface area contributed by atoms with Gasteiger partial charge < -0.3 is 10.5 Å². The van der Waals surface area contributed by atoms with E-state index in [1.54, 1.807) is 18.3 Å². The number of anilines is 1. The molecule has 0 aromatic carbocycles. The maximum absolute atomic E-state index is 10.0. The van der Waals surface area contributed by atoms with Crippen LogP contribution in [-0.2, 0) is 4.79 Å². The predicted molar refractivity (Wildman–Crippen MR) is 50.3 cm³/mol. The lowest BCUT2D eigenvalue weighted by Gasteiger charge is -2.02. The first-order chi connectivity index (χ1) is 6.27. The molecule has 0 spiro atoms. The van der Waals surface area contributed by atoms with Crippen molar-refractivity contribution in [1.82, 2.24) is 4.98 Å². The van der Waals surface area contributed by atoms with Gasteiger partial charge in [-0.25, -0.2) is 0 Å². The van der Waals surface area contributed by atoms with Crippen molar-refractivity contribution < 1.29 is 9.53 Å². The third kappa shape index (κ3) is 2.30. The number of carbonyl (C=O) groups is 1. The first kappa shape index (κ1) is 9.25. The third-order valence-corrected chi connectivity index (χ3v) is 1.49. The van der Waals surface area contributed by atoms with Crippen LogP contribution in [0.1, 0.15) is 5.69 Å². The molecule has 0 saturated heterocycles. The second-order valence-corrected chi connectivity index (χ2v) is 2.34. The Morgan fingerprint density at radius 3 is 2.92 bits per heavy atom. The van der Waals surface area contributed by atoms with Crippen LogP contribution in [0, 0.1) is 0 Å². The van der Waals surface area contributed by atoms with Gasteiger partial charge in [-0.05, 0) is 12.2 Å². The van der Waals surface area contributed by atoms with Crippen molar-refractivity contribution in [3.05, 3.63) is 24.0 Å². The molecule has 0 aliphatic heterocycles. The van der Waals surface area contributed by atoms with Gasteiger partial charge in [0.15, 0.2) is 0 Å². The number of rotatable bonds is 3. The Morgan fingerprint density at radius 2 is 2.38 bits per heavy atom. The largest absolute Gasteiger partial charge is 0.495 e. The summed E-state index contributed by atoms with van der Waals surface area (Å²) in [5, 5.41) is 0. The molecule has 1 heterocycles. The Kier molecular flexibility index (Phi) is 3.03. The highest BCUT2D eigenvalue weighted by molar-refractivity contribution is 5.76. The summed E-state index contributed by atoms with van der Waals surface area (Å²) in [4.78, 5) is 14.0. The predicted octanol–water partition coefficient (Wildman–Crippen LogP) is 0.885. The number of nitrogens with zero attached hydrogens (tertiary/aromatic N) is 1. The fourth-order valence-corrected chi connectivity index (χ4v) is 0.853. The van der Waals surface area contributed by atoms with Gasteiger partial charge >= 0.3 is 0 Å². The van der Waals surface area contributed by atoms with Crippen molar-refractivity contribution in [3.8, 4) is 5.75 Å². The van der Waals surface area contributed by atoms with Crippen LogP contribution in [0.3, 0.4) is 0 Å². The standard InChI is InChI=1S/C9H10N2O2/c1-13-7-5-8(10)9(11-6-7)3-2-4-12/h2-6H,10H2,1H3/b3-2-. The highest BCUT2D eigenvalue weighted by atomic mass is 16.5. The van der Waals surface area contributed by atoms with Crippen LogP contribution in [0.15, 0.2) is 18.3 Å². The number of hydrogen-bond donors (Lipinski definition) is 1. The average molecular weight is 178 g/mol. The topological polar surface area (TPSA) is 65.2 Å². The van der Waals surface area contributed by atoms with Crippen molar-refractivity contribution in [2.75, 3.05) is 12.8 Å². The van der Waals surface area contributed by atoms with Crippen molar-refractivity contribution in [2.45, 2.75) is 0 Å². The van der Waals surface area contributed by atoms with Crippen molar-refractivity contribution in [3.63, 3.8) is 0 Å². The minimum absolute atomic E-state index is 0.484. The minimum atomic E-state index is 0.484. The lowest BCUT2D eigenvalue weighted by Crippen LogP contribution is -1.94. The first-order valence-corrected chi connectivity index (χ1v) is 3.69. The molecule has 1 aromatic rings. The van der Waals surface area contributed by atoms with Crippen LogP contribution < -0.4 is 10.5 Å². The molecule has 13 heavy (non-hydrogen) atoms. The molecular formula is C9H10N2O2. The Labute approximate surface area is 76.0 Å². The summed E-state index contributed by atoms with van der Waals surface area (Å²) in [5.41, 5.74) is 6.67. The zero-order valence-corrected chi connectivity index (χ0v) is 7.23. The molecule has 0 unspecified atom stereocenters. The van der Waals surface area contributed by atoms with Gasteiger partial charge in [0, 0.05) is 6.07 Å². The van der Waals surface area contributed by atoms with Gasteiger partial charge in [-0.3, -0.25) is 9.78 Å². The fourth-order valence-electron chi connectivity index (χ4n) is 0.853. The third-order valence-electron chi connectivity index (χ3n) is 1.49. The van der Waals surface area contributed by atoms with E-state index in [1.807, 2.05) is 0 Å². The zero-order chi connectivity index (χ0) is 9.68. The number of carbonyl (C=O) groups excluding carboxylic acids is 1. The van der Waals surface area contributed by atoms with Gasteiger partial charge in [-0.2, -0.15) is 0 Å². The summed E-state index contributed by atoms with van der Waals surface area (Å²) in [6.45, 7) is 0. The van der Waals surface area contributed by atoms with E-state index in [0.717, 1.165) is 0 Å². The Bertz CT molecular complexity index is 334. The Balaban J connectivity index is 2.98. The van der Waals surface area contributed by atoms with E-state index < -0.39 is 0 Å². The Hall–Kier alpha value is -1.84. The van der Waals surface area contributed by atoms with Crippen LogP contribution in [0.4, 0.5) is 5.69 Å². The molecular weight excluding hydrogens is 168 g/mol. The van der Waals surface area contributed by atoms with Crippen molar-refractivity contribution in [1.29, 1.82) is 0 Å². The second kappa shape index (κ2) is 4.25. The number of aromatic nitrogens is 1. The quantitative estimate of drug-likeness (QED) is 0.551. The molecule has 1 rings (SSSR count). The number of ether oxygens (including phenoxy) is 1. The van der Waals surface area contributed by atoms with Gasteiger partial charge in [0.05, 0.1) is 24.7 Å². The van der Waals surface area contributed by atoms with Crippen molar-refractivity contribution >= 4 is 18.0 Å². The van der Waals surface area contributed by atoms with Gasteiger partial charge in [0.25, 0.3) is 0 Å². The summed E-state index contributed by atoms with van der Waals surface area (Å²) >= 11 is 0. The van der Waals surface area contributed by atoms with Crippen LogP contribution in [-0.4, -0.2) is 18.4 Å². The van der Waals surface area contributed by atoms with Crippen LogP contribution >= 0.6 is 0 Å². The van der Waals surface area contributed by atoms with Crippen LogP contribution in [0.25, 0.3) is 6.08 Å². The number of nitrogens with two attached hydrogens (primary N) is 1. The molecule has 0 aliphatic carbocycles. The summed E-state index contributed by atoms with van der Waals surface area (Å²) in [5.74, 6) is 0.598. The van der Waals surface area contributed by atoms with Gasteiger partial charge in [-0.15, -0.1) is 0 Å². The summed E-state index contributed by atoms with van der Waals surface area (Å²) in [7, 11) is 1.54. The molecule has 0 amide bonds. The zero-order valence-electron chi connectivity index (χ0n) is 7.23. The molecule has 0 aliphatic rings. The molecule has 0 fully saturated rings. The summed E-state index contributed by atoms with van der Waals surface area (Å²) < 4.78 is 4.92. The number of hydrogen-bond acceptors (Lipinski definition) is 4. The molecule has 0 atom stereocenters. The maximum atomic E-state index is 10.0. The number of aldehydes is 1. The highest BCUT2D eigenvalue weighted by Gasteiger charge is 1.98. The normalized spacial score (nSPS) is 10.2. The van der Waals surface area contributed by atoms with E-state index in [2.05, 4.69) is 4.98 Å².